The zero-order valence-electron chi connectivity index (χ0n) is 5.84. The van der Waals surface area contributed by atoms with Gasteiger partial charge in [-0.1, -0.05) is 22.6 Å². The Bertz CT molecular complexity index is 197. The molecular weight excluding hydrogens is 241 g/mol. The molecule has 0 radical (unpaired) electrons. The number of nitrogens with one attached hydrogen (secondary N) is 1. The summed E-state index contributed by atoms with van der Waals surface area (Å²) in [5.41, 5.74) is 0. The molecule has 10 heavy (non-hydrogen) atoms. The van der Waals surface area contributed by atoms with Crippen molar-refractivity contribution in [2.75, 3.05) is 7.05 Å². The zero-order chi connectivity index (χ0) is 7.40. The van der Waals surface area contributed by atoms with Crippen molar-refractivity contribution in [1.29, 1.82) is 0 Å². The molecule has 4 heteroatoms. The fourth-order valence-corrected chi connectivity index (χ4v) is 1.40. The quantitative estimate of drug-likeness (QED) is 0.641. The molecule has 0 bridgehead atoms. The van der Waals surface area contributed by atoms with Crippen molar-refractivity contribution >= 4 is 22.6 Å². The van der Waals surface area contributed by atoms with E-state index >= 15 is 0 Å². The van der Waals surface area contributed by atoms with Crippen LogP contribution in [0.15, 0.2) is 12.4 Å². The third-order valence-electron chi connectivity index (χ3n) is 1.27. The van der Waals surface area contributed by atoms with E-state index in [4.69, 9.17) is 0 Å². The summed E-state index contributed by atoms with van der Waals surface area (Å²) in [6.07, 6.45) is 3.81. The van der Waals surface area contributed by atoms with Crippen LogP contribution in [0, 0.1) is 0 Å². The van der Waals surface area contributed by atoms with Crippen LogP contribution in [0.25, 0.3) is 0 Å². The number of nitrogens with zero attached hydrogens (tertiary/aromatic N) is 2. The van der Waals surface area contributed by atoms with Crippen molar-refractivity contribution in [2.45, 2.75) is 11.1 Å². The van der Waals surface area contributed by atoms with Crippen molar-refractivity contribution in [1.82, 2.24) is 14.9 Å². The second-order valence-electron chi connectivity index (χ2n) is 1.96. The molecule has 0 saturated heterocycles. The number of hydrogen-bond donors (Lipinski definition) is 1. The number of alkyl halides is 1. The van der Waals surface area contributed by atoms with Crippen LogP contribution in [-0.2, 0) is 11.1 Å². The SMILES string of the molecule is CNCc1nccn1CI. The lowest BCUT2D eigenvalue weighted by molar-refractivity contribution is 0.709. The molecule has 0 aliphatic rings. The summed E-state index contributed by atoms with van der Waals surface area (Å²) in [4.78, 5) is 4.17. The Kier molecular flexibility index (Phi) is 3.14. The van der Waals surface area contributed by atoms with Gasteiger partial charge in [-0.05, 0) is 7.05 Å². The van der Waals surface area contributed by atoms with Crippen LogP contribution in [0.2, 0.25) is 0 Å². The number of rotatable bonds is 3. The fourth-order valence-electron chi connectivity index (χ4n) is 0.774. The molecule has 0 aliphatic carbocycles. The van der Waals surface area contributed by atoms with Gasteiger partial charge in [0.05, 0.1) is 11.1 Å². The van der Waals surface area contributed by atoms with E-state index in [9.17, 15) is 0 Å². The van der Waals surface area contributed by atoms with Gasteiger partial charge in [0.1, 0.15) is 5.82 Å². The monoisotopic (exact) mass is 251 g/mol. The first-order valence-corrected chi connectivity index (χ1v) is 4.61. The van der Waals surface area contributed by atoms with Gasteiger partial charge in [0, 0.05) is 12.4 Å². The first-order valence-electron chi connectivity index (χ1n) is 3.09. The molecule has 1 aromatic heterocycles. The highest BCUT2D eigenvalue weighted by Crippen LogP contribution is 1.99. The van der Waals surface area contributed by atoms with E-state index in [1.807, 2.05) is 19.4 Å². The molecule has 0 aromatic carbocycles. The average Bonchev–Trinajstić information content (AvgIpc) is 2.36. The minimum atomic E-state index is 0.843. The summed E-state index contributed by atoms with van der Waals surface area (Å²) in [7, 11) is 1.92. The topological polar surface area (TPSA) is 29.9 Å². The summed E-state index contributed by atoms with van der Waals surface area (Å²) in [5.74, 6) is 1.09. The van der Waals surface area contributed by atoms with Gasteiger partial charge in [0.25, 0.3) is 0 Å². The molecular formula is C6H10IN3. The van der Waals surface area contributed by atoms with Crippen LogP contribution in [0.5, 0.6) is 0 Å². The fraction of sp³-hybridized carbons (Fsp3) is 0.500. The molecule has 1 heterocycles. The van der Waals surface area contributed by atoms with Crippen LogP contribution in [0.3, 0.4) is 0 Å². The maximum atomic E-state index is 4.17. The standard InChI is InChI=1S/C6H10IN3/c1-8-4-6-9-2-3-10(6)5-7/h2-3,8H,4-5H2,1H3. The maximum absolute atomic E-state index is 4.17. The maximum Gasteiger partial charge on any atom is 0.123 e. The van der Waals surface area contributed by atoms with Crippen molar-refractivity contribution < 1.29 is 0 Å². The third-order valence-corrected chi connectivity index (χ3v) is 2.00. The molecule has 56 valence electrons. The van der Waals surface area contributed by atoms with Crippen LogP contribution < -0.4 is 5.32 Å². The minimum Gasteiger partial charge on any atom is -0.324 e. The predicted octanol–water partition coefficient (Wildman–Crippen LogP) is 0.995. The molecule has 1 aromatic rings. The zero-order valence-corrected chi connectivity index (χ0v) is 8.00. The van der Waals surface area contributed by atoms with Crippen LogP contribution >= 0.6 is 22.6 Å². The van der Waals surface area contributed by atoms with Gasteiger partial charge in [-0.2, -0.15) is 0 Å². The lowest BCUT2D eigenvalue weighted by atomic mass is 10.6. The van der Waals surface area contributed by atoms with E-state index in [2.05, 4.69) is 37.5 Å². The van der Waals surface area contributed by atoms with E-state index in [-0.39, 0.29) is 0 Å². The van der Waals surface area contributed by atoms with Crippen molar-refractivity contribution in [3.63, 3.8) is 0 Å². The lowest BCUT2D eigenvalue weighted by Crippen LogP contribution is -2.10. The second-order valence-corrected chi connectivity index (χ2v) is 2.65. The van der Waals surface area contributed by atoms with E-state index < -0.39 is 0 Å². The average molecular weight is 251 g/mol. The van der Waals surface area contributed by atoms with Crippen molar-refractivity contribution in [2.24, 2.45) is 0 Å². The van der Waals surface area contributed by atoms with E-state index in [1.165, 1.54) is 0 Å². The Hall–Kier alpha value is -0.100. The van der Waals surface area contributed by atoms with Gasteiger partial charge in [-0.3, -0.25) is 0 Å². The number of imidazole rings is 1. The number of halogens is 1. The van der Waals surface area contributed by atoms with Gasteiger partial charge < -0.3 is 9.88 Å². The Morgan fingerprint density at radius 2 is 2.60 bits per heavy atom. The van der Waals surface area contributed by atoms with Gasteiger partial charge in [-0.25, -0.2) is 4.98 Å². The summed E-state index contributed by atoms with van der Waals surface area (Å²) < 4.78 is 3.08. The molecule has 0 atom stereocenters. The van der Waals surface area contributed by atoms with E-state index in [1.54, 1.807) is 0 Å². The van der Waals surface area contributed by atoms with Gasteiger partial charge in [0.2, 0.25) is 0 Å². The lowest BCUT2D eigenvalue weighted by Gasteiger charge is -2.00. The van der Waals surface area contributed by atoms with Gasteiger partial charge in [0.15, 0.2) is 0 Å². The molecule has 0 unspecified atom stereocenters. The van der Waals surface area contributed by atoms with E-state index in [0.717, 1.165) is 16.9 Å². The van der Waals surface area contributed by atoms with Gasteiger partial charge >= 0.3 is 0 Å². The summed E-state index contributed by atoms with van der Waals surface area (Å²) >= 11 is 2.31. The second kappa shape index (κ2) is 3.92. The molecule has 1 N–H and O–H groups in total. The summed E-state index contributed by atoms with van der Waals surface area (Å²) in [6.45, 7) is 0.843. The normalized spacial score (nSPS) is 10.2. The first-order chi connectivity index (χ1) is 4.88. The first kappa shape index (κ1) is 8.00. The van der Waals surface area contributed by atoms with E-state index in [0.29, 0.717) is 0 Å². The molecule has 0 saturated carbocycles. The molecule has 0 fully saturated rings. The Morgan fingerprint density at radius 3 is 3.20 bits per heavy atom. The summed E-state index contributed by atoms with van der Waals surface area (Å²) in [5, 5.41) is 3.06. The van der Waals surface area contributed by atoms with Crippen molar-refractivity contribution in [3.05, 3.63) is 18.2 Å². The minimum absolute atomic E-state index is 0.843. The molecule has 0 amide bonds. The molecule has 1 rings (SSSR count). The predicted molar refractivity (Wildman–Crippen MR) is 49.0 cm³/mol. The third kappa shape index (κ3) is 1.69. The van der Waals surface area contributed by atoms with Crippen LogP contribution in [0.1, 0.15) is 5.82 Å². The summed E-state index contributed by atoms with van der Waals surface area (Å²) in [6, 6.07) is 0. The number of hydrogen-bond acceptors (Lipinski definition) is 2. The van der Waals surface area contributed by atoms with Crippen LogP contribution in [0.4, 0.5) is 0 Å². The Labute approximate surface area is 74.0 Å². The Morgan fingerprint density at radius 1 is 1.80 bits per heavy atom. The van der Waals surface area contributed by atoms with Crippen LogP contribution in [-0.4, -0.2) is 16.6 Å². The smallest absolute Gasteiger partial charge is 0.123 e. The Balaban J connectivity index is 2.70. The highest BCUT2D eigenvalue weighted by atomic mass is 127. The molecule has 0 spiro atoms. The molecule has 3 nitrogen and oxygen atoms in total. The molecule has 0 aliphatic heterocycles. The largest absolute Gasteiger partial charge is 0.324 e. The van der Waals surface area contributed by atoms with Gasteiger partial charge in [-0.15, -0.1) is 0 Å². The highest BCUT2D eigenvalue weighted by molar-refractivity contribution is 14.1. The van der Waals surface area contributed by atoms with Crippen molar-refractivity contribution in [3.8, 4) is 0 Å². The number of aromatic nitrogens is 2. The highest BCUT2D eigenvalue weighted by Gasteiger charge is 1.97.